The Labute approximate surface area is 259 Å². The Morgan fingerprint density at radius 1 is 0.500 bits per heavy atom. The first-order chi connectivity index (χ1) is 22.1. The third-order valence-electron chi connectivity index (χ3n) is 7.35. The molecule has 0 radical (unpaired) electrons. The van der Waals surface area contributed by atoms with E-state index in [9.17, 15) is 19.8 Å². The Balaban J connectivity index is 1.26. The number of fused-ring (bicyclic) bond motifs is 2. The van der Waals surface area contributed by atoms with Gasteiger partial charge in [-0.15, -0.1) is 20.5 Å². The van der Waals surface area contributed by atoms with Crippen molar-refractivity contribution in [1.82, 2.24) is 0 Å². The molecule has 0 spiro atoms. The first-order valence-electron chi connectivity index (χ1n) is 13.6. The first-order valence-corrected chi connectivity index (χ1v) is 13.6. The van der Waals surface area contributed by atoms with Crippen molar-refractivity contribution in [3.05, 3.63) is 120 Å². The summed E-state index contributed by atoms with van der Waals surface area (Å²) in [7, 11) is 0. The maximum atomic E-state index is 15.1. The van der Waals surface area contributed by atoms with Gasteiger partial charge in [0.2, 0.25) is 0 Å². The summed E-state index contributed by atoms with van der Waals surface area (Å²) in [5.74, 6) is -3.87. The molecule has 12 heteroatoms. The molecule has 0 aliphatic rings. The van der Waals surface area contributed by atoms with E-state index in [1.54, 1.807) is 48.5 Å². The molecular weight excluding hydrogens is 594 g/mol. The lowest BCUT2D eigenvalue weighted by Crippen LogP contribution is -1.99. The molecule has 10 nitrogen and oxygen atoms in total. The van der Waals surface area contributed by atoms with Gasteiger partial charge in [0.1, 0.15) is 22.7 Å². The number of anilines is 2. The van der Waals surface area contributed by atoms with Gasteiger partial charge in [-0.3, -0.25) is 0 Å². The Morgan fingerprint density at radius 2 is 0.848 bits per heavy atom. The molecule has 0 saturated carbocycles. The van der Waals surface area contributed by atoms with Crippen LogP contribution in [0.2, 0.25) is 0 Å². The number of carboxylic acids is 2. The van der Waals surface area contributed by atoms with Gasteiger partial charge in [0.15, 0.2) is 11.6 Å². The second-order valence-electron chi connectivity index (χ2n) is 10.1. The molecule has 0 unspecified atom stereocenters. The smallest absolute Gasteiger partial charge is 0.336 e. The molecule has 46 heavy (non-hydrogen) atoms. The number of azo groups is 2. The minimum absolute atomic E-state index is 0.0229. The molecule has 0 saturated heterocycles. The van der Waals surface area contributed by atoms with E-state index in [2.05, 4.69) is 20.5 Å². The van der Waals surface area contributed by atoms with Crippen LogP contribution >= 0.6 is 0 Å². The number of carbonyl (C=O) groups is 2. The number of nitrogens with zero attached hydrogens (tertiary/aromatic N) is 4. The fourth-order valence-electron chi connectivity index (χ4n) is 5.04. The fourth-order valence-corrected chi connectivity index (χ4v) is 5.04. The standard InChI is InChI=1S/C34H22F2N6O4/c35-25-13-17(9-11-27(25)39-41-29-15-23(33(43)44)19-5-1-3-7-21(19)31(29)37)18-10-12-28(26(36)14-18)40-42-30-16-24(34(45)46)20-6-2-4-8-22(20)32(30)38/h1-16H,37-38H2,(H,43,44)(H,45,46)/b41-39+,42-40+. The molecule has 6 aromatic rings. The normalized spacial score (nSPS) is 11.6. The second-order valence-corrected chi connectivity index (χ2v) is 10.1. The highest BCUT2D eigenvalue weighted by Crippen LogP contribution is 2.37. The summed E-state index contributed by atoms with van der Waals surface area (Å²) in [6.45, 7) is 0. The first kappa shape index (κ1) is 29.5. The van der Waals surface area contributed by atoms with Crippen LogP contribution in [-0.2, 0) is 0 Å². The highest BCUT2D eigenvalue weighted by atomic mass is 19.1. The number of rotatable bonds is 7. The Hall–Kier alpha value is -6.56. The minimum Gasteiger partial charge on any atom is -0.478 e. The topological polar surface area (TPSA) is 176 Å². The van der Waals surface area contributed by atoms with Crippen LogP contribution in [0.5, 0.6) is 0 Å². The average Bonchev–Trinajstić information content (AvgIpc) is 3.05. The van der Waals surface area contributed by atoms with Gasteiger partial charge in [-0.2, -0.15) is 0 Å². The van der Waals surface area contributed by atoms with Gasteiger partial charge in [-0.1, -0.05) is 60.7 Å². The van der Waals surface area contributed by atoms with Gasteiger partial charge < -0.3 is 21.7 Å². The van der Waals surface area contributed by atoms with Crippen LogP contribution < -0.4 is 11.5 Å². The van der Waals surface area contributed by atoms with E-state index in [-0.39, 0.29) is 45.3 Å². The molecule has 0 bridgehead atoms. The number of halogens is 2. The zero-order valence-corrected chi connectivity index (χ0v) is 23.6. The monoisotopic (exact) mass is 616 g/mol. The number of hydrogen-bond donors (Lipinski definition) is 4. The quantitative estimate of drug-likeness (QED) is 0.103. The summed E-state index contributed by atoms with van der Waals surface area (Å²) in [4.78, 5) is 23.6. The van der Waals surface area contributed by atoms with E-state index in [4.69, 9.17) is 11.5 Å². The SMILES string of the molecule is Nc1c(/N=N/c2ccc(-c3ccc(/N=N/c4cc(C(=O)O)c5ccccc5c4N)c(F)c3)cc2F)cc(C(=O)O)c2ccccc12. The lowest BCUT2D eigenvalue weighted by atomic mass is 10.0. The summed E-state index contributed by atoms with van der Waals surface area (Å²) < 4.78 is 30.1. The van der Waals surface area contributed by atoms with Crippen molar-refractivity contribution >= 4 is 67.6 Å². The molecule has 6 aromatic carbocycles. The molecule has 0 aliphatic carbocycles. The molecule has 0 fully saturated rings. The number of nitrogen functional groups attached to an aromatic ring is 2. The molecule has 226 valence electrons. The highest BCUT2D eigenvalue weighted by Gasteiger charge is 2.16. The van der Waals surface area contributed by atoms with Gasteiger partial charge >= 0.3 is 11.9 Å². The van der Waals surface area contributed by atoms with Crippen molar-refractivity contribution in [1.29, 1.82) is 0 Å². The molecule has 0 amide bonds. The van der Waals surface area contributed by atoms with E-state index >= 15 is 8.78 Å². The molecule has 0 atom stereocenters. The van der Waals surface area contributed by atoms with Gasteiger partial charge in [-0.05, 0) is 58.3 Å². The molecule has 0 aliphatic heterocycles. The van der Waals surface area contributed by atoms with Crippen molar-refractivity contribution in [2.24, 2.45) is 20.5 Å². The summed E-state index contributed by atoms with van der Waals surface area (Å²) in [6.07, 6.45) is 0. The van der Waals surface area contributed by atoms with Crippen LogP contribution in [0.25, 0.3) is 32.7 Å². The van der Waals surface area contributed by atoms with E-state index in [0.717, 1.165) is 12.1 Å². The third-order valence-corrected chi connectivity index (χ3v) is 7.35. The molecule has 0 aromatic heterocycles. The third kappa shape index (κ3) is 5.46. The van der Waals surface area contributed by atoms with E-state index in [0.29, 0.717) is 32.7 Å². The Bertz CT molecular complexity index is 2130. The van der Waals surface area contributed by atoms with Crippen molar-refractivity contribution < 1.29 is 28.6 Å². The Kier molecular flexibility index (Phi) is 7.60. The van der Waals surface area contributed by atoms with Crippen LogP contribution in [0.3, 0.4) is 0 Å². The average molecular weight is 617 g/mol. The highest BCUT2D eigenvalue weighted by molar-refractivity contribution is 6.11. The van der Waals surface area contributed by atoms with Crippen molar-refractivity contribution in [2.45, 2.75) is 0 Å². The van der Waals surface area contributed by atoms with Gasteiger partial charge in [0, 0.05) is 10.8 Å². The fraction of sp³-hybridized carbons (Fsp3) is 0. The van der Waals surface area contributed by atoms with Gasteiger partial charge in [0.25, 0.3) is 0 Å². The molecule has 0 heterocycles. The van der Waals surface area contributed by atoms with Gasteiger partial charge in [0.05, 0.1) is 22.5 Å². The zero-order valence-electron chi connectivity index (χ0n) is 23.6. The number of nitrogens with two attached hydrogens (primary N) is 2. The van der Waals surface area contributed by atoms with Crippen LogP contribution in [-0.4, -0.2) is 22.2 Å². The van der Waals surface area contributed by atoms with Crippen molar-refractivity contribution in [3.63, 3.8) is 0 Å². The lowest BCUT2D eigenvalue weighted by Gasteiger charge is -2.09. The van der Waals surface area contributed by atoms with Crippen molar-refractivity contribution in [3.8, 4) is 11.1 Å². The second kappa shape index (κ2) is 11.8. The summed E-state index contributed by atoms with van der Waals surface area (Å²) in [6, 6.07) is 24.0. The van der Waals surface area contributed by atoms with Crippen LogP contribution in [0, 0.1) is 11.6 Å². The summed E-state index contributed by atoms with van der Waals surface area (Å²) in [5, 5.41) is 37.0. The van der Waals surface area contributed by atoms with Crippen LogP contribution in [0.4, 0.5) is 42.9 Å². The number of carboxylic acid groups (broad SMARTS) is 2. The number of aromatic carboxylic acids is 2. The summed E-state index contributed by atoms with van der Waals surface area (Å²) >= 11 is 0. The summed E-state index contributed by atoms with van der Waals surface area (Å²) in [5.41, 5.74) is 13.3. The van der Waals surface area contributed by atoms with E-state index < -0.39 is 23.6 Å². The Morgan fingerprint density at radius 3 is 1.20 bits per heavy atom. The van der Waals surface area contributed by atoms with Crippen molar-refractivity contribution in [2.75, 3.05) is 11.5 Å². The zero-order chi connectivity index (χ0) is 32.5. The minimum atomic E-state index is -1.17. The molecular formula is C34H22F2N6O4. The predicted molar refractivity (Wildman–Crippen MR) is 171 cm³/mol. The number of benzene rings is 6. The van der Waals surface area contributed by atoms with E-state index in [1.807, 2.05) is 0 Å². The van der Waals surface area contributed by atoms with Crippen LogP contribution in [0.15, 0.2) is 118 Å². The maximum Gasteiger partial charge on any atom is 0.336 e. The molecule has 6 rings (SSSR count). The van der Waals surface area contributed by atoms with Gasteiger partial charge in [-0.25, -0.2) is 18.4 Å². The number of hydrogen-bond acceptors (Lipinski definition) is 8. The predicted octanol–water partition coefficient (Wildman–Crippen LogP) is 9.33. The van der Waals surface area contributed by atoms with Crippen LogP contribution in [0.1, 0.15) is 20.7 Å². The largest absolute Gasteiger partial charge is 0.478 e. The lowest BCUT2D eigenvalue weighted by molar-refractivity contribution is 0.0688. The maximum absolute atomic E-state index is 15.1. The molecule has 6 N–H and O–H groups in total. The van der Waals surface area contributed by atoms with E-state index in [1.165, 1.54) is 36.4 Å².